The highest BCUT2D eigenvalue weighted by Gasteiger charge is 2.39. The Labute approximate surface area is 131 Å². The fourth-order valence-electron chi connectivity index (χ4n) is 3.17. The second-order valence-corrected chi connectivity index (χ2v) is 6.01. The van der Waals surface area contributed by atoms with Crippen LogP contribution in [0.4, 0.5) is 5.69 Å². The van der Waals surface area contributed by atoms with Gasteiger partial charge in [0.15, 0.2) is 6.04 Å². The molecule has 0 aromatic heterocycles. The minimum atomic E-state index is -0.998. The van der Waals surface area contributed by atoms with Crippen molar-refractivity contribution in [1.29, 1.82) is 0 Å². The Morgan fingerprint density at radius 3 is 2.73 bits per heavy atom. The summed E-state index contributed by atoms with van der Waals surface area (Å²) in [6, 6.07) is 4.29. The summed E-state index contributed by atoms with van der Waals surface area (Å²) in [6.07, 6.45) is 3.88. The van der Waals surface area contributed by atoms with Crippen LogP contribution < -0.4 is 5.73 Å². The van der Waals surface area contributed by atoms with E-state index in [1.165, 1.54) is 4.90 Å². The van der Waals surface area contributed by atoms with Gasteiger partial charge in [-0.2, -0.15) is 0 Å². The molecule has 120 valence electrons. The lowest BCUT2D eigenvalue weighted by Crippen LogP contribution is -2.48. The molecule has 2 rings (SSSR count). The van der Waals surface area contributed by atoms with Crippen LogP contribution in [0, 0.1) is 0 Å². The number of fused-ring (bicyclic) bond motifs is 1. The van der Waals surface area contributed by atoms with Crippen LogP contribution in [0.3, 0.4) is 0 Å². The number of rotatable bonds is 5. The number of anilines is 1. The van der Waals surface area contributed by atoms with Gasteiger partial charge in [-0.25, -0.2) is 4.79 Å². The highest BCUT2D eigenvalue weighted by atomic mass is 16.4. The summed E-state index contributed by atoms with van der Waals surface area (Å²) in [6.45, 7) is 3.99. The number of aliphatic carboxylic acids is 1. The minimum Gasteiger partial charge on any atom is -0.479 e. The van der Waals surface area contributed by atoms with Gasteiger partial charge in [-0.1, -0.05) is 25.8 Å². The number of carboxylic acids is 1. The monoisotopic (exact) mass is 304 g/mol. The maximum atomic E-state index is 12.5. The van der Waals surface area contributed by atoms with E-state index in [-0.39, 0.29) is 11.9 Å². The molecule has 2 atom stereocenters. The van der Waals surface area contributed by atoms with Crippen LogP contribution in [-0.2, 0) is 16.0 Å². The standard InChI is InChI=1S/C17H24N2O3/c1-3-4-5-6-15(20)19-11(2)9-12-7-8-13(18)10-14(12)16(19)17(21)22/h7-8,10-11,16H,3-6,9,18H2,1-2H3,(H,21,22)/t11-,16?/m0/s1. The normalized spacial score (nSPS) is 20.5. The van der Waals surface area contributed by atoms with E-state index in [1.807, 2.05) is 13.0 Å². The first-order valence-corrected chi connectivity index (χ1v) is 7.88. The third kappa shape index (κ3) is 3.24. The molecule has 0 spiro atoms. The molecule has 3 N–H and O–H groups in total. The summed E-state index contributed by atoms with van der Waals surface area (Å²) >= 11 is 0. The third-order valence-corrected chi connectivity index (χ3v) is 4.25. The summed E-state index contributed by atoms with van der Waals surface area (Å²) in [5.74, 6) is -1.08. The number of unbranched alkanes of at least 4 members (excludes halogenated alkanes) is 2. The van der Waals surface area contributed by atoms with Gasteiger partial charge in [0.05, 0.1) is 0 Å². The molecule has 1 aromatic rings. The lowest BCUT2D eigenvalue weighted by Gasteiger charge is -2.40. The molecule has 5 heteroatoms. The van der Waals surface area contributed by atoms with Crippen molar-refractivity contribution in [3.8, 4) is 0 Å². The Morgan fingerprint density at radius 2 is 2.09 bits per heavy atom. The summed E-state index contributed by atoms with van der Waals surface area (Å²) in [5.41, 5.74) is 7.94. The molecule has 1 amide bonds. The number of carbonyl (C=O) groups is 2. The van der Waals surface area contributed by atoms with Gasteiger partial charge in [0, 0.05) is 18.2 Å². The van der Waals surface area contributed by atoms with Gasteiger partial charge < -0.3 is 15.7 Å². The fourth-order valence-corrected chi connectivity index (χ4v) is 3.17. The molecular formula is C17H24N2O3. The lowest BCUT2D eigenvalue weighted by atomic mass is 9.87. The van der Waals surface area contributed by atoms with Crippen LogP contribution in [0.25, 0.3) is 0 Å². The Bertz CT molecular complexity index is 571. The first-order valence-electron chi connectivity index (χ1n) is 7.88. The van der Waals surface area contributed by atoms with E-state index < -0.39 is 12.0 Å². The molecule has 1 unspecified atom stereocenters. The second-order valence-electron chi connectivity index (χ2n) is 6.01. The SMILES string of the molecule is CCCCCC(=O)N1C(C(=O)O)c2cc(N)ccc2C[C@@H]1C. The quantitative estimate of drug-likeness (QED) is 0.647. The Hall–Kier alpha value is -2.04. The first kappa shape index (κ1) is 16.3. The van der Waals surface area contributed by atoms with Gasteiger partial charge in [0.25, 0.3) is 0 Å². The molecule has 1 aliphatic heterocycles. The largest absolute Gasteiger partial charge is 0.479 e. The fraction of sp³-hybridized carbons (Fsp3) is 0.529. The van der Waals surface area contributed by atoms with Crippen molar-refractivity contribution < 1.29 is 14.7 Å². The van der Waals surface area contributed by atoms with Crippen LogP contribution in [0.2, 0.25) is 0 Å². The molecule has 0 saturated heterocycles. The first-order chi connectivity index (χ1) is 10.5. The van der Waals surface area contributed by atoms with E-state index in [0.717, 1.165) is 24.8 Å². The van der Waals surface area contributed by atoms with Gasteiger partial charge >= 0.3 is 5.97 Å². The third-order valence-electron chi connectivity index (χ3n) is 4.25. The highest BCUT2D eigenvalue weighted by Crippen LogP contribution is 2.35. The number of nitrogens with zero attached hydrogens (tertiary/aromatic N) is 1. The van der Waals surface area contributed by atoms with E-state index in [9.17, 15) is 14.7 Å². The number of benzene rings is 1. The second kappa shape index (κ2) is 6.81. The van der Waals surface area contributed by atoms with Crippen molar-refractivity contribution in [3.63, 3.8) is 0 Å². The van der Waals surface area contributed by atoms with Crippen molar-refractivity contribution in [1.82, 2.24) is 4.90 Å². The Kier molecular flexibility index (Phi) is 5.06. The van der Waals surface area contributed by atoms with Gasteiger partial charge in [-0.3, -0.25) is 4.79 Å². The molecule has 1 aliphatic rings. The van der Waals surface area contributed by atoms with Crippen LogP contribution in [0.15, 0.2) is 18.2 Å². The molecule has 0 fully saturated rings. The van der Waals surface area contributed by atoms with Gasteiger partial charge in [0.1, 0.15) is 0 Å². The molecule has 1 aromatic carbocycles. The molecular weight excluding hydrogens is 280 g/mol. The van der Waals surface area contributed by atoms with Crippen molar-refractivity contribution in [2.75, 3.05) is 5.73 Å². The zero-order valence-corrected chi connectivity index (χ0v) is 13.2. The molecule has 0 radical (unpaired) electrons. The van der Waals surface area contributed by atoms with Crippen LogP contribution in [0.5, 0.6) is 0 Å². The maximum Gasteiger partial charge on any atom is 0.331 e. The number of hydrogen-bond acceptors (Lipinski definition) is 3. The Morgan fingerprint density at radius 1 is 1.36 bits per heavy atom. The lowest BCUT2D eigenvalue weighted by molar-refractivity contribution is -0.153. The van der Waals surface area contributed by atoms with E-state index in [2.05, 4.69) is 6.92 Å². The predicted octanol–water partition coefficient (Wildman–Crippen LogP) is 2.75. The summed E-state index contributed by atoms with van der Waals surface area (Å²) in [7, 11) is 0. The number of amides is 1. The number of carbonyl (C=O) groups excluding carboxylic acids is 1. The molecule has 5 nitrogen and oxygen atoms in total. The molecule has 1 heterocycles. The molecule has 0 aliphatic carbocycles. The smallest absolute Gasteiger partial charge is 0.331 e. The maximum absolute atomic E-state index is 12.5. The molecule has 0 bridgehead atoms. The van der Waals surface area contributed by atoms with E-state index in [4.69, 9.17) is 5.73 Å². The van der Waals surface area contributed by atoms with Crippen LogP contribution in [0.1, 0.15) is 56.7 Å². The number of nitrogens with two attached hydrogens (primary N) is 1. The average molecular weight is 304 g/mol. The van der Waals surface area contributed by atoms with Crippen molar-refractivity contribution in [2.24, 2.45) is 0 Å². The Balaban J connectivity index is 2.32. The highest BCUT2D eigenvalue weighted by molar-refractivity contribution is 5.86. The minimum absolute atomic E-state index is 0.0820. The van der Waals surface area contributed by atoms with E-state index >= 15 is 0 Å². The molecule has 22 heavy (non-hydrogen) atoms. The van der Waals surface area contributed by atoms with Gasteiger partial charge in [-0.05, 0) is 43.0 Å². The summed E-state index contributed by atoms with van der Waals surface area (Å²) < 4.78 is 0. The topological polar surface area (TPSA) is 83.6 Å². The van der Waals surface area contributed by atoms with Gasteiger partial charge in [0.2, 0.25) is 5.91 Å². The van der Waals surface area contributed by atoms with Crippen LogP contribution >= 0.6 is 0 Å². The van der Waals surface area contributed by atoms with Crippen molar-refractivity contribution in [3.05, 3.63) is 29.3 Å². The number of carboxylic acid groups (broad SMARTS) is 1. The van der Waals surface area contributed by atoms with E-state index in [0.29, 0.717) is 24.1 Å². The van der Waals surface area contributed by atoms with Crippen molar-refractivity contribution >= 4 is 17.6 Å². The zero-order chi connectivity index (χ0) is 16.3. The average Bonchev–Trinajstić information content (AvgIpc) is 2.46. The summed E-state index contributed by atoms with van der Waals surface area (Å²) in [5, 5.41) is 9.65. The van der Waals surface area contributed by atoms with Crippen LogP contribution in [-0.4, -0.2) is 27.9 Å². The van der Waals surface area contributed by atoms with Crippen molar-refractivity contribution in [2.45, 2.75) is 58.0 Å². The van der Waals surface area contributed by atoms with E-state index in [1.54, 1.807) is 12.1 Å². The molecule has 0 saturated carbocycles. The zero-order valence-electron chi connectivity index (χ0n) is 13.2. The summed E-state index contributed by atoms with van der Waals surface area (Å²) in [4.78, 5) is 25.8. The number of nitrogen functional groups attached to an aromatic ring is 1. The predicted molar refractivity (Wildman–Crippen MR) is 85.4 cm³/mol. The van der Waals surface area contributed by atoms with Gasteiger partial charge in [-0.15, -0.1) is 0 Å². The number of hydrogen-bond donors (Lipinski definition) is 2.